The van der Waals surface area contributed by atoms with Crippen LogP contribution in [0.3, 0.4) is 0 Å². The number of nitrogens with one attached hydrogen (secondary N) is 2. The van der Waals surface area contributed by atoms with Crippen molar-refractivity contribution >= 4 is 17.5 Å². The summed E-state index contributed by atoms with van der Waals surface area (Å²) in [6.07, 6.45) is 3.96. The standard InChI is InChI=1S/C18H23N5O2/c1-18(2,3)17(25)21-14-7-5-4-6-13(14)16(24)19-10-15-22-20-11-23(15)12-8-9-12/h4-7,11-12H,8-10H2,1-3H3,(H,19,24)(H,21,25). The first-order valence-electron chi connectivity index (χ1n) is 8.43. The second kappa shape index (κ2) is 6.66. The maximum atomic E-state index is 12.6. The number of para-hydroxylation sites is 1. The zero-order valence-electron chi connectivity index (χ0n) is 14.7. The lowest BCUT2D eigenvalue weighted by Crippen LogP contribution is -2.30. The smallest absolute Gasteiger partial charge is 0.253 e. The number of hydrogen-bond acceptors (Lipinski definition) is 4. The zero-order chi connectivity index (χ0) is 18.0. The number of anilines is 1. The van der Waals surface area contributed by atoms with Gasteiger partial charge in [-0.1, -0.05) is 32.9 Å². The Hall–Kier alpha value is -2.70. The number of amides is 2. The third-order valence-corrected chi connectivity index (χ3v) is 4.10. The monoisotopic (exact) mass is 341 g/mol. The molecule has 1 fully saturated rings. The molecule has 1 aliphatic rings. The van der Waals surface area contributed by atoms with Gasteiger partial charge >= 0.3 is 0 Å². The minimum Gasteiger partial charge on any atom is -0.345 e. The first-order chi connectivity index (χ1) is 11.9. The average molecular weight is 341 g/mol. The highest BCUT2D eigenvalue weighted by Gasteiger charge is 2.26. The van der Waals surface area contributed by atoms with Gasteiger partial charge in [0.25, 0.3) is 5.91 Å². The Morgan fingerprint density at radius 3 is 2.64 bits per heavy atom. The van der Waals surface area contributed by atoms with Crippen LogP contribution in [0.1, 0.15) is 55.8 Å². The van der Waals surface area contributed by atoms with Crippen LogP contribution in [0.4, 0.5) is 5.69 Å². The van der Waals surface area contributed by atoms with Gasteiger partial charge in [-0.3, -0.25) is 9.59 Å². The molecular formula is C18H23N5O2. The number of hydrogen-bond donors (Lipinski definition) is 2. The number of carbonyl (C=O) groups excluding carboxylic acids is 2. The number of nitrogens with zero attached hydrogens (tertiary/aromatic N) is 3. The van der Waals surface area contributed by atoms with Gasteiger partial charge in [0.05, 0.1) is 17.8 Å². The molecule has 7 nitrogen and oxygen atoms in total. The molecule has 1 aromatic heterocycles. The van der Waals surface area contributed by atoms with Crippen LogP contribution in [-0.2, 0) is 11.3 Å². The fourth-order valence-corrected chi connectivity index (χ4v) is 2.41. The summed E-state index contributed by atoms with van der Waals surface area (Å²) in [6, 6.07) is 7.44. The topological polar surface area (TPSA) is 88.9 Å². The van der Waals surface area contributed by atoms with Gasteiger partial charge < -0.3 is 15.2 Å². The highest BCUT2D eigenvalue weighted by molar-refractivity contribution is 6.04. The van der Waals surface area contributed by atoms with Gasteiger partial charge in [0, 0.05) is 11.5 Å². The molecule has 2 amide bonds. The first-order valence-corrected chi connectivity index (χ1v) is 8.43. The van der Waals surface area contributed by atoms with E-state index in [1.54, 1.807) is 30.6 Å². The van der Waals surface area contributed by atoms with E-state index in [-0.39, 0.29) is 11.8 Å². The minimum atomic E-state index is -0.537. The summed E-state index contributed by atoms with van der Waals surface area (Å²) in [6.45, 7) is 5.79. The summed E-state index contributed by atoms with van der Waals surface area (Å²) in [4.78, 5) is 24.8. The summed E-state index contributed by atoms with van der Waals surface area (Å²) in [7, 11) is 0. The lowest BCUT2D eigenvalue weighted by Gasteiger charge is -2.19. The fourth-order valence-electron chi connectivity index (χ4n) is 2.41. The Kier molecular flexibility index (Phi) is 4.57. The van der Waals surface area contributed by atoms with Gasteiger partial charge in [0.15, 0.2) is 5.82 Å². The predicted octanol–water partition coefficient (Wildman–Crippen LogP) is 2.53. The molecule has 25 heavy (non-hydrogen) atoms. The summed E-state index contributed by atoms with van der Waals surface area (Å²) < 4.78 is 2.01. The third-order valence-electron chi connectivity index (χ3n) is 4.10. The highest BCUT2D eigenvalue weighted by atomic mass is 16.2. The maximum Gasteiger partial charge on any atom is 0.253 e. The van der Waals surface area contributed by atoms with Crippen LogP contribution in [0, 0.1) is 5.41 Å². The second-order valence-electron chi connectivity index (χ2n) is 7.32. The van der Waals surface area contributed by atoms with Crippen LogP contribution >= 0.6 is 0 Å². The first kappa shape index (κ1) is 17.1. The molecule has 0 bridgehead atoms. The highest BCUT2D eigenvalue weighted by Crippen LogP contribution is 2.35. The molecule has 132 valence electrons. The Morgan fingerprint density at radius 2 is 1.96 bits per heavy atom. The SMILES string of the molecule is CC(C)(C)C(=O)Nc1ccccc1C(=O)NCc1nncn1C1CC1. The van der Waals surface area contributed by atoms with Crippen molar-refractivity contribution in [1.82, 2.24) is 20.1 Å². The molecule has 0 unspecified atom stereocenters. The normalized spacial score (nSPS) is 14.2. The fraction of sp³-hybridized carbons (Fsp3) is 0.444. The van der Waals surface area contributed by atoms with Crippen molar-refractivity contribution in [3.8, 4) is 0 Å². The van der Waals surface area contributed by atoms with Crippen LogP contribution < -0.4 is 10.6 Å². The molecule has 0 atom stereocenters. The molecule has 1 aliphatic carbocycles. The van der Waals surface area contributed by atoms with Crippen LogP contribution in [0.2, 0.25) is 0 Å². The zero-order valence-corrected chi connectivity index (χ0v) is 14.7. The van der Waals surface area contributed by atoms with Crippen LogP contribution in [0.5, 0.6) is 0 Å². The van der Waals surface area contributed by atoms with E-state index in [9.17, 15) is 9.59 Å². The van der Waals surface area contributed by atoms with Crippen molar-refractivity contribution in [2.24, 2.45) is 5.41 Å². The van der Waals surface area contributed by atoms with Crippen LogP contribution in [0.15, 0.2) is 30.6 Å². The lowest BCUT2D eigenvalue weighted by molar-refractivity contribution is -0.123. The number of aromatic nitrogens is 3. The van der Waals surface area contributed by atoms with E-state index in [2.05, 4.69) is 20.8 Å². The van der Waals surface area contributed by atoms with Gasteiger partial charge in [-0.2, -0.15) is 0 Å². The van der Waals surface area contributed by atoms with Gasteiger partial charge in [-0.25, -0.2) is 0 Å². The van der Waals surface area contributed by atoms with E-state index >= 15 is 0 Å². The van der Waals surface area contributed by atoms with E-state index in [4.69, 9.17) is 0 Å². The van der Waals surface area contributed by atoms with Crippen molar-refractivity contribution in [3.05, 3.63) is 42.0 Å². The molecular weight excluding hydrogens is 318 g/mol. The Bertz CT molecular complexity index is 787. The van der Waals surface area contributed by atoms with E-state index in [1.165, 1.54) is 0 Å². The van der Waals surface area contributed by atoms with Crippen LogP contribution in [-0.4, -0.2) is 26.6 Å². The molecule has 3 rings (SSSR count). The second-order valence-corrected chi connectivity index (χ2v) is 7.32. The summed E-state index contributed by atoms with van der Waals surface area (Å²) >= 11 is 0. The predicted molar refractivity (Wildman–Crippen MR) is 94.0 cm³/mol. The van der Waals surface area contributed by atoms with Crippen molar-refractivity contribution in [1.29, 1.82) is 0 Å². The quantitative estimate of drug-likeness (QED) is 0.874. The molecule has 0 spiro atoms. The molecule has 7 heteroatoms. The van der Waals surface area contributed by atoms with Gasteiger partial charge in [-0.15, -0.1) is 10.2 Å². The molecule has 0 saturated heterocycles. The molecule has 0 radical (unpaired) electrons. The molecule has 2 N–H and O–H groups in total. The van der Waals surface area contributed by atoms with Crippen molar-refractivity contribution in [2.75, 3.05) is 5.32 Å². The van der Waals surface area contributed by atoms with Gasteiger partial charge in [0.1, 0.15) is 6.33 Å². The van der Waals surface area contributed by atoms with Crippen LogP contribution in [0.25, 0.3) is 0 Å². The summed E-state index contributed by atoms with van der Waals surface area (Å²) in [5.41, 5.74) is 0.394. The van der Waals surface area contributed by atoms with E-state index < -0.39 is 5.41 Å². The van der Waals surface area contributed by atoms with E-state index in [0.29, 0.717) is 23.8 Å². The maximum absolute atomic E-state index is 12.6. The molecule has 1 aromatic carbocycles. The summed E-state index contributed by atoms with van der Waals surface area (Å²) in [5, 5.41) is 13.7. The molecule has 0 aliphatic heterocycles. The third kappa shape index (κ3) is 4.04. The summed E-state index contributed by atoms with van der Waals surface area (Å²) in [5.74, 6) is 0.350. The molecule has 1 saturated carbocycles. The van der Waals surface area contributed by atoms with Gasteiger partial charge in [0.2, 0.25) is 5.91 Å². The van der Waals surface area contributed by atoms with Crippen molar-refractivity contribution in [2.45, 2.75) is 46.2 Å². The number of benzene rings is 1. The van der Waals surface area contributed by atoms with E-state index in [0.717, 1.165) is 18.7 Å². The Labute approximate surface area is 146 Å². The number of rotatable bonds is 5. The average Bonchev–Trinajstić information content (AvgIpc) is 3.30. The van der Waals surface area contributed by atoms with Crippen molar-refractivity contribution < 1.29 is 9.59 Å². The van der Waals surface area contributed by atoms with Crippen molar-refractivity contribution in [3.63, 3.8) is 0 Å². The molecule has 2 aromatic rings. The molecule has 1 heterocycles. The minimum absolute atomic E-state index is 0.138. The van der Waals surface area contributed by atoms with Gasteiger partial charge in [-0.05, 0) is 25.0 Å². The Balaban J connectivity index is 1.69. The Morgan fingerprint density at radius 1 is 1.24 bits per heavy atom. The largest absolute Gasteiger partial charge is 0.345 e. The lowest BCUT2D eigenvalue weighted by atomic mass is 9.95. The van der Waals surface area contributed by atoms with E-state index in [1.807, 2.05) is 25.3 Å². The number of carbonyl (C=O) groups is 2.